The van der Waals surface area contributed by atoms with Gasteiger partial charge in [0.05, 0.1) is 0 Å². The molecule has 0 saturated carbocycles. The highest BCUT2D eigenvalue weighted by Gasteiger charge is 2.12. The van der Waals surface area contributed by atoms with Crippen molar-refractivity contribution in [3.05, 3.63) is 27.7 Å². The van der Waals surface area contributed by atoms with E-state index in [-0.39, 0.29) is 18.2 Å². The van der Waals surface area contributed by atoms with E-state index in [1.165, 1.54) is 4.90 Å². The van der Waals surface area contributed by atoms with Crippen LogP contribution in [0.5, 0.6) is 0 Å². The van der Waals surface area contributed by atoms with Crippen LogP contribution in [-0.2, 0) is 4.79 Å². The van der Waals surface area contributed by atoms with Gasteiger partial charge >= 0.3 is 0 Å². The summed E-state index contributed by atoms with van der Waals surface area (Å²) in [6.45, 7) is 2.10. The Morgan fingerprint density at radius 3 is 2.58 bits per heavy atom. The van der Waals surface area contributed by atoms with E-state index < -0.39 is 0 Å². The van der Waals surface area contributed by atoms with Crippen LogP contribution in [0.25, 0.3) is 0 Å². The first-order chi connectivity index (χ1) is 8.82. The summed E-state index contributed by atoms with van der Waals surface area (Å²) in [6.07, 6.45) is 0.279. The summed E-state index contributed by atoms with van der Waals surface area (Å²) in [6, 6.07) is 3.47. The van der Waals surface area contributed by atoms with Crippen molar-refractivity contribution < 1.29 is 9.59 Å². The topological polar surface area (TPSA) is 75.4 Å². The van der Waals surface area contributed by atoms with Crippen molar-refractivity contribution in [3.8, 4) is 0 Å². The quantitative estimate of drug-likeness (QED) is 0.824. The van der Waals surface area contributed by atoms with E-state index >= 15 is 0 Å². The van der Waals surface area contributed by atoms with Crippen molar-refractivity contribution in [2.24, 2.45) is 0 Å². The maximum absolute atomic E-state index is 12.0. The Kier molecular flexibility index (Phi) is 5.35. The lowest BCUT2D eigenvalue weighted by Gasteiger charge is -2.12. The van der Waals surface area contributed by atoms with Gasteiger partial charge in [0.15, 0.2) is 0 Å². The zero-order valence-corrected chi connectivity index (χ0v) is 12.9. The van der Waals surface area contributed by atoms with Crippen molar-refractivity contribution in [3.63, 3.8) is 0 Å². The lowest BCUT2D eigenvalue weighted by atomic mass is 10.1. The third-order valence-corrected chi connectivity index (χ3v) is 3.24. The standard InChI is InChI=1S/C13H18BrN3O2/c1-8-10(6-9(14)7-11(8)15)13(19)16-5-4-12(18)17(2)3/h6-7H,4-5,15H2,1-3H3,(H,16,19). The summed E-state index contributed by atoms with van der Waals surface area (Å²) in [5.74, 6) is -0.247. The number of anilines is 1. The van der Waals surface area contributed by atoms with Crippen molar-refractivity contribution in [2.45, 2.75) is 13.3 Å². The zero-order valence-electron chi connectivity index (χ0n) is 11.3. The molecule has 0 aromatic heterocycles. The molecule has 0 atom stereocenters. The molecule has 19 heavy (non-hydrogen) atoms. The normalized spacial score (nSPS) is 10.1. The highest BCUT2D eigenvalue weighted by atomic mass is 79.9. The SMILES string of the molecule is Cc1c(N)cc(Br)cc1C(=O)NCCC(=O)N(C)C. The van der Waals surface area contributed by atoms with Crippen LogP contribution < -0.4 is 11.1 Å². The molecule has 1 aromatic rings. The van der Waals surface area contributed by atoms with E-state index in [4.69, 9.17) is 5.73 Å². The van der Waals surface area contributed by atoms with E-state index in [9.17, 15) is 9.59 Å². The molecule has 5 nitrogen and oxygen atoms in total. The first-order valence-electron chi connectivity index (χ1n) is 5.87. The Morgan fingerprint density at radius 2 is 2.00 bits per heavy atom. The van der Waals surface area contributed by atoms with Crippen LogP contribution in [0.1, 0.15) is 22.3 Å². The van der Waals surface area contributed by atoms with Gasteiger partial charge in [-0.15, -0.1) is 0 Å². The third kappa shape index (κ3) is 4.24. The number of nitrogens with one attached hydrogen (secondary N) is 1. The minimum absolute atomic E-state index is 0.0224. The highest BCUT2D eigenvalue weighted by molar-refractivity contribution is 9.10. The summed E-state index contributed by atoms with van der Waals surface area (Å²) in [5, 5.41) is 2.72. The van der Waals surface area contributed by atoms with E-state index in [1.54, 1.807) is 33.2 Å². The number of rotatable bonds is 4. The molecule has 2 amide bonds. The summed E-state index contributed by atoms with van der Waals surface area (Å²) in [4.78, 5) is 24.9. The first kappa shape index (κ1) is 15.5. The van der Waals surface area contributed by atoms with Crippen LogP contribution in [0.4, 0.5) is 5.69 Å². The summed E-state index contributed by atoms with van der Waals surface area (Å²) < 4.78 is 0.755. The molecule has 1 rings (SSSR count). The molecule has 0 heterocycles. The molecule has 0 saturated heterocycles. The molecule has 6 heteroatoms. The van der Waals surface area contributed by atoms with Gasteiger partial charge in [-0.05, 0) is 24.6 Å². The average Bonchev–Trinajstić information content (AvgIpc) is 2.33. The van der Waals surface area contributed by atoms with Gasteiger partial charge in [-0.2, -0.15) is 0 Å². The smallest absolute Gasteiger partial charge is 0.251 e. The Balaban J connectivity index is 2.67. The zero-order chi connectivity index (χ0) is 14.6. The van der Waals surface area contributed by atoms with Crippen LogP contribution in [-0.4, -0.2) is 37.4 Å². The van der Waals surface area contributed by atoms with E-state index in [0.29, 0.717) is 17.8 Å². The lowest BCUT2D eigenvalue weighted by molar-refractivity contribution is -0.128. The third-order valence-electron chi connectivity index (χ3n) is 2.78. The van der Waals surface area contributed by atoms with Crippen molar-refractivity contribution in [1.82, 2.24) is 10.2 Å². The Labute approximate surface area is 121 Å². The van der Waals surface area contributed by atoms with Gasteiger partial charge in [0, 0.05) is 42.8 Å². The summed E-state index contributed by atoms with van der Waals surface area (Å²) >= 11 is 3.31. The van der Waals surface area contributed by atoms with Crippen LogP contribution >= 0.6 is 15.9 Å². The molecule has 0 unspecified atom stereocenters. The maximum atomic E-state index is 12.0. The Bertz CT molecular complexity index is 501. The molecule has 0 aliphatic carbocycles. The van der Waals surface area contributed by atoms with Gasteiger partial charge in [-0.25, -0.2) is 0 Å². The van der Waals surface area contributed by atoms with Gasteiger partial charge in [-0.1, -0.05) is 15.9 Å². The molecule has 0 radical (unpaired) electrons. The number of amides is 2. The van der Waals surface area contributed by atoms with E-state index in [1.807, 2.05) is 0 Å². The number of carbonyl (C=O) groups excluding carboxylic acids is 2. The predicted octanol–water partition coefficient (Wildman–Crippen LogP) is 1.55. The number of halogens is 1. The number of carbonyl (C=O) groups is 2. The predicted molar refractivity (Wildman–Crippen MR) is 78.9 cm³/mol. The number of nitrogen functional groups attached to an aromatic ring is 1. The second-order valence-corrected chi connectivity index (χ2v) is 5.38. The van der Waals surface area contributed by atoms with E-state index in [2.05, 4.69) is 21.2 Å². The highest BCUT2D eigenvalue weighted by Crippen LogP contribution is 2.22. The molecule has 1 aromatic carbocycles. The van der Waals surface area contributed by atoms with Crippen molar-refractivity contribution in [1.29, 1.82) is 0 Å². The van der Waals surface area contributed by atoms with Crippen LogP contribution in [0, 0.1) is 6.92 Å². The maximum Gasteiger partial charge on any atom is 0.251 e. The fourth-order valence-corrected chi connectivity index (χ4v) is 2.01. The fourth-order valence-electron chi connectivity index (χ4n) is 1.54. The Morgan fingerprint density at radius 1 is 1.37 bits per heavy atom. The molecule has 0 aliphatic heterocycles. The number of nitrogens with zero attached hydrogens (tertiary/aromatic N) is 1. The number of hydrogen-bond donors (Lipinski definition) is 2. The van der Waals surface area contributed by atoms with Crippen LogP contribution in [0.2, 0.25) is 0 Å². The average molecular weight is 328 g/mol. The van der Waals surface area contributed by atoms with Gasteiger partial charge in [0.2, 0.25) is 5.91 Å². The fraction of sp³-hybridized carbons (Fsp3) is 0.385. The summed E-state index contributed by atoms with van der Waals surface area (Å²) in [5.41, 5.74) is 7.62. The van der Waals surface area contributed by atoms with Crippen LogP contribution in [0.15, 0.2) is 16.6 Å². The first-order valence-corrected chi connectivity index (χ1v) is 6.66. The van der Waals surface area contributed by atoms with E-state index in [0.717, 1.165) is 10.0 Å². The molecule has 104 valence electrons. The molecule has 0 fully saturated rings. The summed E-state index contributed by atoms with van der Waals surface area (Å²) in [7, 11) is 3.37. The molecule has 0 aliphatic rings. The molecular formula is C13H18BrN3O2. The van der Waals surface area contributed by atoms with Gasteiger partial charge < -0.3 is 16.0 Å². The second-order valence-electron chi connectivity index (χ2n) is 4.46. The van der Waals surface area contributed by atoms with Gasteiger partial charge in [0.25, 0.3) is 5.91 Å². The van der Waals surface area contributed by atoms with Gasteiger partial charge in [-0.3, -0.25) is 9.59 Å². The molecule has 0 spiro atoms. The van der Waals surface area contributed by atoms with Crippen LogP contribution in [0.3, 0.4) is 0 Å². The minimum Gasteiger partial charge on any atom is -0.398 e. The number of hydrogen-bond acceptors (Lipinski definition) is 3. The second kappa shape index (κ2) is 6.56. The number of nitrogens with two attached hydrogens (primary N) is 1. The molecule has 3 N–H and O–H groups in total. The minimum atomic E-state index is -0.225. The molecule has 0 bridgehead atoms. The van der Waals surface area contributed by atoms with Crippen molar-refractivity contribution >= 4 is 33.4 Å². The molecular weight excluding hydrogens is 310 g/mol. The monoisotopic (exact) mass is 327 g/mol. The Hall–Kier alpha value is -1.56. The lowest BCUT2D eigenvalue weighted by Crippen LogP contribution is -2.30. The number of benzene rings is 1. The van der Waals surface area contributed by atoms with Crippen molar-refractivity contribution in [2.75, 3.05) is 26.4 Å². The largest absolute Gasteiger partial charge is 0.398 e. The van der Waals surface area contributed by atoms with Gasteiger partial charge in [0.1, 0.15) is 0 Å².